The van der Waals surface area contributed by atoms with Gasteiger partial charge in [0.15, 0.2) is 11.6 Å². The van der Waals surface area contributed by atoms with E-state index in [9.17, 15) is 19.2 Å². The number of H-pyrrole nitrogens is 2. The third-order valence-electron chi connectivity index (χ3n) is 11.2. The predicted molar refractivity (Wildman–Crippen MR) is 257 cm³/mol. The Morgan fingerprint density at radius 2 is 0.939 bits per heavy atom. The first-order valence-electron chi connectivity index (χ1n) is 22.1. The second-order valence-corrected chi connectivity index (χ2v) is 16.3. The fourth-order valence-electron chi connectivity index (χ4n) is 7.13. The number of nitrogens with one attached hydrogen (secondary N) is 6. The molecule has 15 nitrogen and oxygen atoms in total. The lowest BCUT2D eigenvalue weighted by Gasteiger charge is -2.20. The van der Waals surface area contributed by atoms with Gasteiger partial charge >= 0.3 is 0 Å². The van der Waals surface area contributed by atoms with Crippen molar-refractivity contribution in [2.45, 2.75) is 95.3 Å². The van der Waals surface area contributed by atoms with Crippen LogP contribution in [0.4, 0.5) is 0 Å². The number of nitrogens with zero attached hydrogens (tertiary/aromatic N) is 2. The van der Waals surface area contributed by atoms with Gasteiger partial charge in [0.1, 0.15) is 5.84 Å². The van der Waals surface area contributed by atoms with E-state index in [2.05, 4.69) is 30.6 Å². The Balaban J connectivity index is 0.000000247. The zero-order chi connectivity index (χ0) is 47.3. The molecule has 0 aliphatic carbocycles. The zero-order valence-corrected chi connectivity index (χ0v) is 37.3. The largest absolute Gasteiger partial charge is 0.384 e. The van der Waals surface area contributed by atoms with Gasteiger partial charge in [-0.1, -0.05) is 109 Å². The third kappa shape index (κ3) is 16.6. The fourth-order valence-corrected chi connectivity index (χ4v) is 7.13. The quantitative estimate of drug-likeness (QED) is 0.0296. The molecule has 6 aromatic rings. The summed E-state index contributed by atoms with van der Waals surface area (Å²) < 4.78 is 0. The van der Waals surface area contributed by atoms with Crippen molar-refractivity contribution in [1.29, 1.82) is 10.8 Å². The number of rotatable bonds is 24. The molecule has 0 saturated heterocycles. The molecule has 4 aromatic carbocycles. The molecule has 4 atom stereocenters. The predicted octanol–water partition coefficient (Wildman–Crippen LogP) is 4.87. The van der Waals surface area contributed by atoms with Gasteiger partial charge in [-0.3, -0.25) is 24.6 Å². The van der Waals surface area contributed by atoms with Crippen LogP contribution in [0.3, 0.4) is 0 Å². The molecule has 344 valence electrons. The lowest BCUT2D eigenvalue weighted by molar-refractivity contribution is -0.128. The molecule has 6 rings (SSSR count). The van der Waals surface area contributed by atoms with Crippen LogP contribution in [0.25, 0.3) is 0 Å². The highest BCUT2D eigenvalue weighted by Gasteiger charge is 2.26. The lowest BCUT2D eigenvalue weighted by Crippen LogP contribution is -2.49. The Labute approximate surface area is 385 Å². The smallest absolute Gasteiger partial charge is 0.237 e. The van der Waals surface area contributed by atoms with Crippen molar-refractivity contribution < 1.29 is 19.2 Å². The van der Waals surface area contributed by atoms with Gasteiger partial charge in [-0.05, 0) is 73.3 Å². The van der Waals surface area contributed by atoms with Crippen LogP contribution in [0, 0.1) is 10.8 Å². The minimum absolute atomic E-state index is 0.00330. The van der Waals surface area contributed by atoms with Gasteiger partial charge < -0.3 is 43.2 Å². The van der Waals surface area contributed by atoms with Crippen molar-refractivity contribution in [1.82, 2.24) is 30.6 Å². The first kappa shape index (κ1) is 49.7. The number of aromatic amines is 2. The summed E-state index contributed by atoms with van der Waals surface area (Å²) in [5.41, 5.74) is 25.5. The Kier molecular flexibility index (Phi) is 19.4. The number of aryl methyl sites for hydroxylation is 4. The van der Waals surface area contributed by atoms with Crippen molar-refractivity contribution in [3.05, 3.63) is 179 Å². The number of Topliss-reactive ketones (excluding diaryl/α,β-unsaturated/α-hetero) is 2. The van der Waals surface area contributed by atoms with Gasteiger partial charge in [-0.25, -0.2) is 9.97 Å². The summed E-state index contributed by atoms with van der Waals surface area (Å²) in [4.78, 5) is 65.5. The monoisotopic (exact) mass is 891 g/mol. The SMILES string of the molecule is CC(=N)c1ccc(CCC(=O)[C@H](Cc2cnc[nH]2)NC(=O)[C@H](N)CCc2ccccc2)cc1.N=C(N)c1ccc(CCC(=O)[C@H](Cc2cnc[nH]2)NC(=O)[C@H](N)CCc2ccccc2)cc1. The van der Waals surface area contributed by atoms with Gasteiger partial charge in [0.2, 0.25) is 11.8 Å². The highest BCUT2D eigenvalue weighted by molar-refractivity contribution is 5.96. The molecule has 0 bridgehead atoms. The Morgan fingerprint density at radius 3 is 1.29 bits per heavy atom. The van der Waals surface area contributed by atoms with Crippen molar-refractivity contribution in [3.63, 3.8) is 0 Å². The Bertz CT molecular complexity index is 2270. The summed E-state index contributed by atoms with van der Waals surface area (Å²) in [6.07, 6.45) is 11.0. The van der Waals surface area contributed by atoms with E-state index < -0.39 is 24.2 Å². The van der Waals surface area contributed by atoms with Crippen LogP contribution >= 0.6 is 0 Å². The molecule has 2 heterocycles. The van der Waals surface area contributed by atoms with Crippen LogP contribution < -0.4 is 27.8 Å². The van der Waals surface area contributed by atoms with Crippen LogP contribution in [-0.2, 0) is 57.7 Å². The molecule has 15 heteroatoms. The molecule has 0 fully saturated rings. The molecule has 2 aromatic heterocycles. The molecule has 0 aliphatic rings. The van der Waals surface area contributed by atoms with Crippen molar-refractivity contribution in [3.8, 4) is 0 Å². The van der Waals surface area contributed by atoms with E-state index in [0.29, 0.717) is 69.1 Å². The average molecular weight is 892 g/mol. The van der Waals surface area contributed by atoms with Crippen LogP contribution in [0.2, 0.25) is 0 Å². The van der Waals surface area contributed by atoms with Gasteiger partial charge in [0.05, 0.1) is 36.8 Å². The van der Waals surface area contributed by atoms with E-state index in [1.54, 1.807) is 44.1 Å². The molecule has 0 aliphatic heterocycles. The molecule has 12 N–H and O–H groups in total. The van der Waals surface area contributed by atoms with E-state index in [0.717, 1.165) is 39.2 Å². The van der Waals surface area contributed by atoms with E-state index in [-0.39, 0.29) is 35.6 Å². The Morgan fingerprint density at radius 1 is 0.561 bits per heavy atom. The standard InChI is InChI=1S/C26H31N5O2.C25H30N6O2/c1-18(27)21-11-7-20(8-12-21)10-14-25(32)24(15-22-16-29-17-30-22)31-26(33)23(28)13-9-19-5-3-2-4-6-19;26-21(12-8-17-4-2-1-3-5-17)25(33)31-22(14-20-15-29-16-30-20)23(32)13-9-18-6-10-19(11-7-18)24(27)28/h2-8,11-12,16-17,23-24,27H,9-10,13-15,28H2,1H3,(H,29,30)(H,31,33);1-7,10-11,15-16,21-22H,8-9,12-14,26H2,(H3,27,28)(H,29,30)(H,31,33)/t23-,24+;21-,22+/m11/s1. The number of hydrogen-bond acceptors (Lipinski definition) is 10. The van der Waals surface area contributed by atoms with Crippen molar-refractivity contribution in [2.75, 3.05) is 0 Å². The van der Waals surface area contributed by atoms with Gasteiger partial charge in [0, 0.05) is 60.7 Å². The van der Waals surface area contributed by atoms with Gasteiger partial charge in [-0.15, -0.1) is 0 Å². The third-order valence-corrected chi connectivity index (χ3v) is 11.2. The number of nitrogen functional groups attached to an aromatic ring is 1. The first-order valence-corrected chi connectivity index (χ1v) is 22.1. The first-order chi connectivity index (χ1) is 31.8. The Hall–Kier alpha value is -7.36. The second-order valence-electron chi connectivity index (χ2n) is 16.3. The normalized spacial score (nSPS) is 12.7. The number of aromatic nitrogens is 4. The summed E-state index contributed by atoms with van der Waals surface area (Å²) in [5.74, 6) is -0.794. The summed E-state index contributed by atoms with van der Waals surface area (Å²) in [7, 11) is 0. The topological polar surface area (TPSA) is 275 Å². The summed E-state index contributed by atoms with van der Waals surface area (Å²) in [6.45, 7) is 1.74. The maximum atomic E-state index is 13.0. The lowest BCUT2D eigenvalue weighted by atomic mass is 9.98. The number of nitrogens with two attached hydrogens (primary N) is 3. The summed E-state index contributed by atoms with van der Waals surface area (Å²) in [6, 6.07) is 31.8. The highest BCUT2D eigenvalue weighted by Crippen LogP contribution is 2.13. The number of imidazole rings is 2. The van der Waals surface area contributed by atoms with E-state index >= 15 is 0 Å². The van der Waals surface area contributed by atoms with Crippen LogP contribution in [0.15, 0.2) is 134 Å². The van der Waals surface area contributed by atoms with Gasteiger partial charge in [-0.2, -0.15) is 0 Å². The minimum Gasteiger partial charge on any atom is -0.384 e. The molecular weight excluding hydrogens is 831 g/mol. The number of benzene rings is 4. The number of carbonyl (C=O) groups is 4. The number of hydrogen-bond donors (Lipinski definition) is 9. The average Bonchev–Trinajstić information content (AvgIpc) is 4.06. The zero-order valence-electron chi connectivity index (χ0n) is 37.3. The number of amides is 2. The molecule has 2 amide bonds. The van der Waals surface area contributed by atoms with E-state index in [1.807, 2.05) is 97.1 Å². The highest BCUT2D eigenvalue weighted by atomic mass is 16.2. The summed E-state index contributed by atoms with van der Waals surface area (Å²) >= 11 is 0. The number of ketones is 2. The molecule has 0 saturated carbocycles. The second kappa shape index (κ2) is 25.8. The molecular formula is C51H61N11O4. The number of amidine groups is 1. The number of carbonyl (C=O) groups excluding carboxylic acids is 4. The molecule has 0 radical (unpaired) electrons. The maximum Gasteiger partial charge on any atom is 0.237 e. The summed E-state index contributed by atoms with van der Waals surface area (Å²) in [5, 5.41) is 20.9. The molecule has 66 heavy (non-hydrogen) atoms. The molecule has 0 spiro atoms. The van der Waals surface area contributed by atoms with Crippen LogP contribution in [0.1, 0.15) is 77.4 Å². The van der Waals surface area contributed by atoms with E-state index in [4.69, 9.17) is 28.0 Å². The maximum absolute atomic E-state index is 13.0. The van der Waals surface area contributed by atoms with Crippen LogP contribution in [0.5, 0.6) is 0 Å². The van der Waals surface area contributed by atoms with Gasteiger partial charge in [0.25, 0.3) is 0 Å². The van der Waals surface area contributed by atoms with E-state index in [1.165, 1.54) is 0 Å². The fraction of sp³-hybridized carbons (Fsp3) is 0.294. The molecule has 0 unspecified atom stereocenters. The minimum atomic E-state index is -0.707. The van der Waals surface area contributed by atoms with Crippen molar-refractivity contribution in [2.24, 2.45) is 17.2 Å². The van der Waals surface area contributed by atoms with Crippen LogP contribution in [-0.4, -0.2) is 79.0 Å². The van der Waals surface area contributed by atoms with Crippen molar-refractivity contribution >= 4 is 34.9 Å².